The first-order chi connectivity index (χ1) is 15.0. The minimum absolute atomic E-state index is 0.175. The standard InChI is InChI=1S/C22H25N5O3S/c1-2-18-3-5-21(6-4-18)31(29,30)26-15-16-27(22(28)17-26)24-19-9-13-25(14-10-19)20-7-11-23-12-8-20/h2-8,11-12H,1,9-10,13-17H2. The van der Waals surface area contributed by atoms with Crippen LogP contribution in [0, 0.1) is 0 Å². The van der Waals surface area contributed by atoms with Crippen LogP contribution in [0.15, 0.2) is 65.4 Å². The van der Waals surface area contributed by atoms with E-state index in [-0.39, 0.29) is 30.4 Å². The molecular formula is C22H25N5O3S. The third-order valence-electron chi connectivity index (χ3n) is 5.54. The molecule has 0 spiro atoms. The molecule has 8 nitrogen and oxygen atoms in total. The van der Waals surface area contributed by atoms with E-state index in [9.17, 15) is 13.2 Å². The Hall–Kier alpha value is -3.04. The van der Waals surface area contributed by atoms with Crippen molar-refractivity contribution in [2.75, 3.05) is 37.6 Å². The van der Waals surface area contributed by atoms with Crippen LogP contribution in [-0.4, -0.2) is 67.1 Å². The van der Waals surface area contributed by atoms with Crippen LogP contribution in [0.25, 0.3) is 6.08 Å². The van der Waals surface area contributed by atoms with Crippen molar-refractivity contribution < 1.29 is 13.2 Å². The summed E-state index contributed by atoms with van der Waals surface area (Å²) in [6.07, 6.45) is 6.74. The fourth-order valence-electron chi connectivity index (χ4n) is 3.73. The van der Waals surface area contributed by atoms with E-state index < -0.39 is 10.0 Å². The summed E-state index contributed by atoms with van der Waals surface area (Å²) in [5.41, 5.74) is 2.94. The zero-order valence-corrected chi connectivity index (χ0v) is 18.0. The maximum absolute atomic E-state index is 12.9. The van der Waals surface area contributed by atoms with E-state index >= 15 is 0 Å². The lowest BCUT2D eigenvalue weighted by atomic mass is 10.1. The molecule has 2 aliphatic rings. The Labute approximate surface area is 182 Å². The van der Waals surface area contributed by atoms with E-state index in [1.807, 2.05) is 12.1 Å². The van der Waals surface area contributed by atoms with Gasteiger partial charge in [0.15, 0.2) is 0 Å². The number of anilines is 1. The second-order valence-corrected chi connectivity index (χ2v) is 9.43. The molecular weight excluding hydrogens is 414 g/mol. The number of amides is 1. The molecule has 1 amide bonds. The Morgan fingerprint density at radius 1 is 0.968 bits per heavy atom. The zero-order chi connectivity index (χ0) is 21.8. The predicted octanol–water partition coefficient (Wildman–Crippen LogP) is 2.21. The van der Waals surface area contributed by atoms with Gasteiger partial charge in [0.2, 0.25) is 10.0 Å². The molecule has 9 heteroatoms. The number of carbonyl (C=O) groups excluding carboxylic acids is 1. The number of sulfonamides is 1. The molecule has 162 valence electrons. The molecule has 2 fully saturated rings. The molecule has 0 aliphatic carbocycles. The fraction of sp³-hybridized carbons (Fsp3) is 0.318. The quantitative estimate of drug-likeness (QED) is 0.713. The summed E-state index contributed by atoms with van der Waals surface area (Å²) < 4.78 is 27.0. The maximum Gasteiger partial charge on any atom is 0.258 e. The van der Waals surface area contributed by atoms with Gasteiger partial charge in [0.25, 0.3) is 5.91 Å². The lowest BCUT2D eigenvalue weighted by Crippen LogP contribution is -2.50. The third kappa shape index (κ3) is 4.67. The molecule has 4 rings (SSSR count). The molecule has 2 aliphatic heterocycles. The number of benzene rings is 1. The largest absolute Gasteiger partial charge is 0.371 e. The summed E-state index contributed by atoms with van der Waals surface area (Å²) in [4.78, 5) is 19.1. The number of hydrazone groups is 1. The van der Waals surface area contributed by atoms with E-state index in [1.54, 1.807) is 42.7 Å². The Kier molecular flexibility index (Phi) is 6.15. The lowest BCUT2D eigenvalue weighted by molar-refractivity contribution is -0.134. The van der Waals surface area contributed by atoms with Crippen LogP contribution in [0.5, 0.6) is 0 Å². The van der Waals surface area contributed by atoms with Crippen LogP contribution in [0.1, 0.15) is 18.4 Å². The van der Waals surface area contributed by atoms with Gasteiger partial charge in [-0.1, -0.05) is 24.8 Å². The summed E-state index contributed by atoms with van der Waals surface area (Å²) >= 11 is 0. The highest BCUT2D eigenvalue weighted by atomic mass is 32.2. The monoisotopic (exact) mass is 439 g/mol. The Bertz CT molecular complexity index is 1070. The van der Waals surface area contributed by atoms with Crippen LogP contribution in [-0.2, 0) is 14.8 Å². The first-order valence-electron chi connectivity index (χ1n) is 10.2. The lowest BCUT2D eigenvalue weighted by Gasteiger charge is -2.33. The highest BCUT2D eigenvalue weighted by Crippen LogP contribution is 2.21. The van der Waals surface area contributed by atoms with Gasteiger partial charge in [-0.25, -0.2) is 13.4 Å². The molecule has 3 heterocycles. The van der Waals surface area contributed by atoms with Gasteiger partial charge in [-0.05, 0) is 29.8 Å². The number of aromatic nitrogens is 1. The summed E-state index contributed by atoms with van der Waals surface area (Å²) in [5.74, 6) is -0.304. The van der Waals surface area contributed by atoms with Crippen LogP contribution < -0.4 is 4.90 Å². The molecule has 0 N–H and O–H groups in total. The SMILES string of the molecule is C=Cc1ccc(S(=O)(=O)N2CCN(N=C3CCN(c4ccncc4)CC3)C(=O)C2)cc1. The number of hydrogen-bond acceptors (Lipinski definition) is 6. The second-order valence-electron chi connectivity index (χ2n) is 7.49. The molecule has 0 radical (unpaired) electrons. The Balaban J connectivity index is 1.37. The van der Waals surface area contributed by atoms with Crippen LogP contribution in [0.3, 0.4) is 0 Å². The molecule has 0 unspecified atom stereocenters. The average Bonchev–Trinajstić information content (AvgIpc) is 2.81. The summed E-state index contributed by atoms with van der Waals surface area (Å²) in [6, 6.07) is 10.4. The molecule has 1 aromatic heterocycles. The molecule has 0 bridgehead atoms. The van der Waals surface area contributed by atoms with Crippen molar-refractivity contribution in [1.29, 1.82) is 0 Å². The fourth-order valence-corrected chi connectivity index (χ4v) is 5.11. The van der Waals surface area contributed by atoms with Crippen molar-refractivity contribution in [3.05, 3.63) is 60.9 Å². The summed E-state index contributed by atoms with van der Waals surface area (Å²) in [7, 11) is -3.72. The van der Waals surface area contributed by atoms with E-state index in [1.165, 1.54) is 9.31 Å². The van der Waals surface area contributed by atoms with Gasteiger partial charge >= 0.3 is 0 Å². The highest BCUT2D eigenvalue weighted by Gasteiger charge is 2.33. The Morgan fingerprint density at radius 3 is 2.26 bits per heavy atom. The van der Waals surface area contributed by atoms with Gasteiger partial charge in [-0.15, -0.1) is 0 Å². The smallest absolute Gasteiger partial charge is 0.258 e. The van der Waals surface area contributed by atoms with Gasteiger partial charge < -0.3 is 4.90 Å². The first-order valence-corrected chi connectivity index (χ1v) is 11.7. The van der Waals surface area contributed by atoms with Crippen molar-refractivity contribution >= 4 is 33.4 Å². The molecule has 2 aromatic rings. The number of carbonyl (C=O) groups is 1. The second kappa shape index (κ2) is 8.99. The van der Waals surface area contributed by atoms with Gasteiger partial charge in [0, 0.05) is 56.3 Å². The van der Waals surface area contributed by atoms with Gasteiger partial charge in [-0.2, -0.15) is 9.41 Å². The minimum atomic E-state index is -3.72. The summed E-state index contributed by atoms with van der Waals surface area (Å²) in [5, 5.41) is 5.97. The zero-order valence-electron chi connectivity index (χ0n) is 17.2. The van der Waals surface area contributed by atoms with Gasteiger partial charge in [0.1, 0.15) is 0 Å². The number of pyridine rings is 1. The predicted molar refractivity (Wildman–Crippen MR) is 120 cm³/mol. The van der Waals surface area contributed by atoms with Crippen LogP contribution >= 0.6 is 0 Å². The van der Waals surface area contributed by atoms with Crippen LogP contribution in [0.2, 0.25) is 0 Å². The Morgan fingerprint density at radius 2 is 1.65 bits per heavy atom. The third-order valence-corrected chi connectivity index (χ3v) is 7.40. The van der Waals surface area contributed by atoms with E-state index in [0.29, 0.717) is 0 Å². The number of rotatable bonds is 5. The maximum atomic E-state index is 12.9. The molecule has 0 atom stereocenters. The first kappa shape index (κ1) is 21.2. The average molecular weight is 440 g/mol. The minimum Gasteiger partial charge on any atom is -0.371 e. The number of piperazine rings is 1. The number of hydrogen-bond donors (Lipinski definition) is 0. The molecule has 31 heavy (non-hydrogen) atoms. The molecule has 0 saturated carbocycles. The number of nitrogens with zero attached hydrogens (tertiary/aromatic N) is 5. The molecule has 1 aromatic carbocycles. The number of piperidine rings is 1. The molecule has 2 saturated heterocycles. The topological polar surface area (TPSA) is 86.2 Å². The van der Waals surface area contributed by atoms with E-state index in [4.69, 9.17) is 0 Å². The van der Waals surface area contributed by atoms with Gasteiger partial charge in [-0.3, -0.25) is 9.78 Å². The summed E-state index contributed by atoms with van der Waals surface area (Å²) in [6.45, 7) is 5.59. The van der Waals surface area contributed by atoms with Gasteiger partial charge in [0.05, 0.1) is 18.0 Å². The van der Waals surface area contributed by atoms with Crippen molar-refractivity contribution in [1.82, 2.24) is 14.3 Å². The van der Waals surface area contributed by atoms with E-state index in [0.717, 1.165) is 42.9 Å². The van der Waals surface area contributed by atoms with Crippen molar-refractivity contribution in [2.24, 2.45) is 5.10 Å². The van der Waals surface area contributed by atoms with Crippen molar-refractivity contribution in [2.45, 2.75) is 17.7 Å². The highest BCUT2D eigenvalue weighted by molar-refractivity contribution is 7.89. The van der Waals surface area contributed by atoms with Crippen molar-refractivity contribution in [3.8, 4) is 0 Å². The van der Waals surface area contributed by atoms with Crippen molar-refractivity contribution in [3.63, 3.8) is 0 Å². The normalized spacial score (nSPS) is 18.2. The van der Waals surface area contributed by atoms with Crippen LogP contribution in [0.4, 0.5) is 5.69 Å². The van der Waals surface area contributed by atoms with E-state index in [2.05, 4.69) is 21.6 Å².